The molecule has 2 aromatic rings. The van der Waals surface area contributed by atoms with Gasteiger partial charge < -0.3 is 0 Å². The molecule has 14 heteroatoms. The second-order valence-corrected chi connectivity index (χ2v) is 12.1. The van der Waals surface area contributed by atoms with E-state index in [0.29, 0.717) is 0 Å². The van der Waals surface area contributed by atoms with E-state index in [-0.39, 0.29) is 31.8 Å². The number of carbonyl (C=O) groups excluding carboxylic acids is 1. The SMILES string of the molecule is Cc1cc(/C=C/C(c2cc(Cl)c(Cl)c(Cl)c2)C(F)(F)F)cc(F)c1C(=O)C[C@H](C)CS(=O)(=O)CC(F)(F)F. The lowest BCUT2D eigenvalue weighted by Gasteiger charge is -2.18. The van der Waals surface area contributed by atoms with E-state index in [1.165, 1.54) is 19.9 Å². The summed E-state index contributed by atoms with van der Waals surface area (Å²) in [7, 11) is -4.55. The first-order valence-electron chi connectivity index (χ1n) is 10.7. The van der Waals surface area contributed by atoms with Crippen LogP contribution in [0.3, 0.4) is 0 Å². The molecule has 210 valence electrons. The second kappa shape index (κ2) is 12.1. The summed E-state index contributed by atoms with van der Waals surface area (Å²) in [6, 6.07) is 4.06. The zero-order valence-electron chi connectivity index (χ0n) is 19.7. The van der Waals surface area contributed by atoms with Crippen molar-refractivity contribution in [3.63, 3.8) is 0 Å². The van der Waals surface area contributed by atoms with Gasteiger partial charge in [0.05, 0.1) is 32.3 Å². The van der Waals surface area contributed by atoms with Crippen molar-refractivity contribution in [1.29, 1.82) is 0 Å². The highest BCUT2D eigenvalue weighted by molar-refractivity contribution is 7.91. The molecule has 2 rings (SSSR count). The van der Waals surface area contributed by atoms with Crippen molar-refractivity contribution < 1.29 is 43.9 Å². The molecule has 0 bridgehead atoms. The van der Waals surface area contributed by atoms with E-state index in [9.17, 15) is 43.9 Å². The third kappa shape index (κ3) is 9.14. The Morgan fingerprint density at radius 2 is 1.55 bits per heavy atom. The van der Waals surface area contributed by atoms with Crippen LogP contribution in [0.25, 0.3) is 6.08 Å². The first-order chi connectivity index (χ1) is 17.2. The summed E-state index contributed by atoms with van der Waals surface area (Å²) < 4.78 is 117. The molecular formula is C24H20Cl3F7O3S. The van der Waals surface area contributed by atoms with E-state index in [2.05, 4.69) is 0 Å². The molecule has 0 aliphatic heterocycles. The molecule has 0 aliphatic rings. The summed E-state index contributed by atoms with van der Waals surface area (Å²) in [5.74, 6) is -8.14. The van der Waals surface area contributed by atoms with Crippen molar-refractivity contribution in [2.45, 2.75) is 38.5 Å². The molecule has 0 heterocycles. The van der Waals surface area contributed by atoms with Gasteiger partial charge in [0.2, 0.25) is 0 Å². The van der Waals surface area contributed by atoms with Gasteiger partial charge in [0.25, 0.3) is 0 Å². The molecule has 0 spiro atoms. The Labute approximate surface area is 229 Å². The number of benzene rings is 2. The minimum Gasteiger partial charge on any atom is -0.294 e. The Bertz CT molecular complexity index is 1290. The van der Waals surface area contributed by atoms with E-state index < -0.39 is 69.1 Å². The van der Waals surface area contributed by atoms with Crippen molar-refractivity contribution in [3.05, 3.63) is 73.5 Å². The van der Waals surface area contributed by atoms with E-state index in [1.54, 1.807) is 0 Å². The summed E-state index contributed by atoms with van der Waals surface area (Å²) in [6.07, 6.45) is -8.53. The Morgan fingerprint density at radius 3 is 2.03 bits per heavy atom. The molecular weight excluding hydrogens is 608 g/mol. The van der Waals surface area contributed by atoms with Gasteiger partial charge in [0.15, 0.2) is 15.6 Å². The van der Waals surface area contributed by atoms with Gasteiger partial charge in [-0.25, -0.2) is 12.8 Å². The lowest BCUT2D eigenvalue weighted by atomic mass is 9.94. The smallest absolute Gasteiger partial charge is 0.294 e. The average Bonchev–Trinajstić information content (AvgIpc) is 2.67. The van der Waals surface area contributed by atoms with Crippen molar-refractivity contribution in [1.82, 2.24) is 0 Å². The normalized spacial score (nSPS) is 14.6. The van der Waals surface area contributed by atoms with E-state index >= 15 is 0 Å². The topological polar surface area (TPSA) is 51.2 Å². The Morgan fingerprint density at radius 1 is 1.00 bits per heavy atom. The van der Waals surface area contributed by atoms with Gasteiger partial charge in [-0.05, 0) is 47.7 Å². The van der Waals surface area contributed by atoms with Crippen LogP contribution in [0.15, 0.2) is 30.3 Å². The number of rotatable bonds is 9. The Balaban J connectivity index is 2.28. The highest BCUT2D eigenvalue weighted by Gasteiger charge is 2.39. The van der Waals surface area contributed by atoms with Gasteiger partial charge in [-0.3, -0.25) is 4.79 Å². The van der Waals surface area contributed by atoms with Crippen LogP contribution in [0.5, 0.6) is 0 Å². The highest BCUT2D eigenvalue weighted by Crippen LogP contribution is 2.41. The molecule has 38 heavy (non-hydrogen) atoms. The van der Waals surface area contributed by atoms with Crippen LogP contribution in [0.4, 0.5) is 30.7 Å². The van der Waals surface area contributed by atoms with Crippen LogP contribution in [-0.4, -0.2) is 38.1 Å². The van der Waals surface area contributed by atoms with Crippen LogP contribution in [0, 0.1) is 18.7 Å². The van der Waals surface area contributed by atoms with Crippen molar-refractivity contribution in [3.8, 4) is 0 Å². The third-order valence-electron chi connectivity index (χ3n) is 5.24. The van der Waals surface area contributed by atoms with Crippen LogP contribution in [0.2, 0.25) is 15.1 Å². The van der Waals surface area contributed by atoms with Crippen molar-refractivity contribution in [2.75, 3.05) is 11.5 Å². The zero-order valence-corrected chi connectivity index (χ0v) is 22.7. The number of Topliss-reactive ketones (excluding diaryl/α,β-unsaturated/α-hetero) is 1. The maximum atomic E-state index is 14.8. The van der Waals surface area contributed by atoms with Crippen LogP contribution in [-0.2, 0) is 9.84 Å². The molecule has 2 aromatic carbocycles. The number of ketones is 1. The Kier molecular flexibility index (Phi) is 10.4. The minimum absolute atomic E-state index is 0.0160. The number of aryl methyl sites for hydroxylation is 1. The summed E-state index contributed by atoms with van der Waals surface area (Å²) in [4.78, 5) is 12.6. The first-order valence-corrected chi connectivity index (χ1v) is 13.7. The maximum Gasteiger partial charge on any atom is 0.402 e. The van der Waals surface area contributed by atoms with Gasteiger partial charge in [-0.2, -0.15) is 26.3 Å². The number of hydrogen-bond acceptors (Lipinski definition) is 3. The summed E-state index contributed by atoms with van der Waals surface area (Å²) in [6.45, 7) is 2.56. The molecule has 0 aliphatic carbocycles. The van der Waals surface area contributed by atoms with Gasteiger partial charge in [-0.15, -0.1) is 0 Å². The molecule has 0 saturated heterocycles. The van der Waals surface area contributed by atoms with Gasteiger partial charge in [0.1, 0.15) is 11.6 Å². The largest absolute Gasteiger partial charge is 0.402 e. The molecule has 0 radical (unpaired) electrons. The van der Waals surface area contributed by atoms with Crippen LogP contribution < -0.4 is 0 Å². The lowest BCUT2D eigenvalue weighted by Crippen LogP contribution is -2.28. The minimum atomic E-state index is -4.94. The fraction of sp³-hybridized carbons (Fsp3) is 0.375. The number of halogens is 10. The zero-order chi connectivity index (χ0) is 29.2. The number of sulfone groups is 1. The predicted octanol–water partition coefficient (Wildman–Crippen LogP) is 8.64. The second-order valence-electron chi connectivity index (χ2n) is 8.77. The van der Waals surface area contributed by atoms with E-state index in [1.807, 2.05) is 0 Å². The molecule has 0 fully saturated rings. The molecule has 2 atom stereocenters. The molecule has 1 unspecified atom stereocenters. The first kappa shape index (κ1) is 32.4. The summed E-state index contributed by atoms with van der Waals surface area (Å²) >= 11 is 17.5. The fourth-order valence-corrected chi connectivity index (χ4v) is 6.02. The van der Waals surface area contributed by atoms with E-state index in [4.69, 9.17) is 34.8 Å². The maximum absolute atomic E-state index is 14.8. The predicted molar refractivity (Wildman–Crippen MR) is 133 cm³/mol. The number of hydrogen-bond donors (Lipinski definition) is 0. The van der Waals surface area contributed by atoms with Crippen molar-refractivity contribution >= 4 is 56.5 Å². The van der Waals surface area contributed by atoms with Gasteiger partial charge in [0, 0.05) is 6.42 Å². The molecule has 0 saturated carbocycles. The van der Waals surface area contributed by atoms with E-state index in [0.717, 1.165) is 30.4 Å². The average molecular weight is 628 g/mol. The lowest BCUT2D eigenvalue weighted by molar-refractivity contribution is -0.139. The number of carbonyl (C=O) groups is 1. The number of alkyl halides is 6. The molecule has 0 N–H and O–H groups in total. The molecule has 0 aromatic heterocycles. The van der Waals surface area contributed by atoms with Gasteiger partial charge >= 0.3 is 12.4 Å². The standard InChI is InChI=1S/C24H20Cl3F7O3S/c1-12(10-38(36,37)11-23(29,30)31)5-20(35)21-13(2)6-14(7-19(21)28)3-4-16(24(32,33)34)15-8-17(25)22(27)18(26)9-15/h3-4,6-9,12,16H,5,10-11H2,1-2H3/b4-3+/t12-,16?/m0/s1. The summed E-state index contributed by atoms with van der Waals surface area (Å²) in [5, 5.41) is -0.504. The quantitative estimate of drug-likeness (QED) is 0.159. The van der Waals surface area contributed by atoms with Crippen LogP contribution in [0.1, 0.15) is 46.3 Å². The Hall–Kier alpha value is -1.82. The third-order valence-corrected chi connectivity index (χ3v) is 8.28. The molecule has 0 amide bonds. The summed E-state index contributed by atoms with van der Waals surface area (Å²) in [5.41, 5.74) is -0.726. The monoisotopic (exact) mass is 626 g/mol. The fourth-order valence-electron chi connectivity index (χ4n) is 3.81. The van der Waals surface area contributed by atoms with Crippen LogP contribution >= 0.6 is 34.8 Å². The van der Waals surface area contributed by atoms with Crippen molar-refractivity contribution in [2.24, 2.45) is 5.92 Å². The van der Waals surface area contributed by atoms with Gasteiger partial charge in [-0.1, -0.05) is 59.9 Å². The number of allylic oxidation sites excluding steroid dienone is 1. The highest BCUT2D eigenvalue weighted by atomic mass is 35.5. The molecule has 3 nitrogen and oxygen atoms in total.